The Balaban J connectivity index is 1.37. The van der Waals surface area contributed by atoms with Crippen LogP contribution in [0.4, 0.5) is 0 Å². The molecule has 4 heteroatoms. The molecule has 2 aromatic rings. The van der Waals surface area contributed by atoms with Gasteiger partial charge in [0, 0.05) is 31.4 Å². The van der Waals surface area contributed by atoms with Gasteiger partial charge in [0.05, 0.1) is 6.42 Å². The molecule has 1 aromatic heterocycles. The van der Waals surface area contributed by atoms with Gasteiger partial charge in [-0.15, -0.1) is 0 Å². The van der Waals surface area contributed by atoms with Crippen LogP contribution in [0.1, 0.15) is 35.4 Å². The summed E-state index contributed by atoms with van der Waals surface area (Å²) in [5.74, 6) is 1.26. The molecule has 0 spiro atoms. The average molecular weight is 295 g/mol. The van der Waals surface area contributed by atoms with Gasteiger partial charge in [-0.2, -0.15) is 0 Å². The van der Waals surface area contributed by atoms with Crippen LogP contribution in [0.5, 0.6) is 0 Å². The molecular formula is C18H21N3O. The Morgan fingerprint density at radius 3 is 3.14 bits per heavy atom. The molecule has 22 heavy (non-hydrogen) atoms. The van der Waals surface area contributed by atoms with E-state index in [2.05, 4.69) is 33.1 Å². The first-order valence-electron chi connectivity index (χ1n) is 8.18. The molecule has 1 amide bonds. The van der Waals surface area contributed by atoms with Gasteiger partial charge in [-0.05, 0) is 42.4 Å². The molecule has 1 N–H and O–H groups in total. The molecule has 1 aliphatic heterocycles. The average Bonchev–Trinajstić information content (AvgIpc) is 3.14. The van der Waals surface area contributed by atoms with E-state index in [-0.39, 0.29) is 11.9 Å². The largest absolute Gasteiger partial charge is 0.351 e. The van der Waals surface area contributed by atoms with Crippen molar-refractivity contribution < 1.29 is 4.79 Å². The van der Waals surface area contributed by atoms with Crippen molar-refractivity contribution in [2.75, 3.05) is 0 Å². The number of nitrogens with one attached hydrogen (secondary N) is 1. The van der Waals surface area contributed by atoms with Crippen LogP contribution in [0.25, 0.3) is 0 Å². The standard InChI is InChI=1S/C18H21N3O/c22-18(11-13-4-5-14-2-1-3-15(14)10-13)20-16-6-7-17-19-8-9-21(17)12-16/h4-5,8-10,16H,1-3,6-7,11-12H2,(H,20,22)/t16-/m0/s1. The number of benzene rings is 1. The van der Waals surface area contributed by atoms with Crippen LogP contribution in [-0.4, -0.2) is 21.5 Å². The summed E-state index contributed by atoms with van der Waals surface area (Å²) in [6.07, 6.45) is 9.84. The van der Waals surface area contributed by atoms with Crippen molar-refractivity contribution in [3.05, 3.63) is 53.1 Å². The highest BCUT2D eigenvalue weighted by Crippen LogP contribution is 2.23. The second-order valence-electron chi connectivity index (χ2n) is 6.43. The van der Waals surface area contributed by atoms with E-state index in [0.717, 1.165) is 37.2 Å². The van der Waals surface area contributed by atoms with E-state index in [4.69, 9.17) is 0 Å². The van der Waals surface area contributed by atoms with Gasteiger partial charge in [0.15, 0.2) is 0 Å². The van der Waals surface area contributed by atoms with E-state index in [1.165, 1.54) is 24.0 Å². The number of amides is 1. The number of rotatable bonds is 3. The molecule has 2 heterocycles. The second-order valence-corrected chi connectivity index (χ2v) is 6.43. The van der Waals surface area contributed by atoms with Crippen LogP contribution in [0.2, 0.25) is 0 Å². The van der Waals surface area contributed by atoms with E-state index in [9.17, 15) is 4.79 Å². The first-order valence-corrected chi connectivity index (χ1v) is 8.18. The Kier molecular flexibility index (Phi) is 3.45. The zero-order chi connectivity index (χ0) is 14.9. The molecule has 4 nitrogen and oxygen atoms in total. The summed E-state index contributed by atoms with van der Waals surface area (Å²) in [5, 5.41) is 3.18. The van der Waals surface area contributed by atoms with Crippen LogP contribution < -0.4 is 5.32 Å². The normalized spacial score (nSPS) is 19.5. The van der Waals surface area contributed by atoms with E-state index in [0.29, 0.717) is 6.42 Å². The molecule has 1 aliphatic carbocycles. The van der Waals surface area contributed by atoms with E-state index < -0.39 is 0 Å². The molecule has 2 aliphatic rings. The summed E-state index contributed by atoms with van der Waals surface area (Å²) in [5.41, 5.74) is 4.03. The minimum absolute atomic E-state index is 0.131. The molecule has 4 rings (SSSR count). The van der Waals surface area contributed by atoms with Gasteiger partial charge in [-0.25, -0.2) is 4.98 Å². The molecule has 0 saturated heterocycles. The smallest absolute Gasteiger partial charge is 0.224 e. The molecule has 0 bridgehead atoms. The van der Waals surface area contributed by atoms with Crippen molar-refractivity contribution in [2.24, 2.45) is 0 Å². The van der Waals surface area contributed by atoms with Gasteiger partial charge < -0.3 is 9.88 Å². The summed E-state index contributed by atoms with van der Waals surface area (Å²) < 4.78 is 2.14. The highest BCUT2D eigenvalue weighted by molar-refractivity contribution is 5.79. The number of fused-ring (bicyclic) bond motifs is 2. The Labute approximate surface area is 130 Å². The first kappa shape index (κ1) is 13.6. The fourth-order valence-electron chi connectivity index (χ4n) is 3.68. The van der Waals surface area contributed by atoms with Gasteiger partial charge in [0.1, 0.15) is 5.82 Å². The van der Waals surface area contributed by atoms with Crippen molar-refractivity contribution in [1.82, 2.24) is 14.9 Å². The van der Waals surface area contributed by atoms with E-state index in [1.54, 1.807) is 0 Å². The Morgan fingerprint density at radius 1 is 1.27 bits per heavy atom. The third-order valence-corrected chi connectivity index (χ3v) is 4.83. The maximum Gasteiger partial charge on any atom is 0.224 e. The van der Waals surface area contributed by atoms with Crippen molar-refractivity contribution in [2.45, 2.75) is 51.1 Å². The second kappa shape index (κ2) is 5.59. The summed E-state index contributed by atoms with van der Waals surface area (Å²) >= 11 is 0. The predicted octanol–water partition coefficient (Wildman–Crippen LogP) is 2.05. The molecule has 114 valence electrons. The lowest BCUT2D eigenvalue weighted by Crippen LogP contribution is -2.41. The van der Waals surface area contributed by atoms with Gasteiger partial charge in [-0.3, -0.25) is 4.79 Å². The number of aromatic nitrogens is 2. The number of hydrogen-bond donors (Lipinski definition) is 1. The zero-order valence-corrected chi connectivity index (χ0v) is 12.7. The number of carbonyl (C=O) groups is 1. The topological polar surface area (TPSA) is 46.9 Å². The molecule has 0 fully saturated rings. The zero-order valence-electron chi connectivity index (χ0n) is 12.7. The number of hydrogen-bond acceptors (Lipinski definition) is 2. The summed E-state index contributed by atoms with van der Waals surface area (Å²) in [7, 11) is 0. The number of aryl methyl sites for hydroxylation is 3. The van der Waals surface area contributed by atoms with Gasteiger partial charge in [0.2, 0.25) is 5.91 Å². The number of carbonyl (C=O) groups excluding carboxylic acids is 1. The molecular weight excluding hydrogens is 274 g/mol. The minimum Gasteiger partial charge on any atom is -0.351 e. The van der Waals surface area contributed by atoms with E-state index in [1.807, 2.05) is 12.4 Å². The molecule has 1 atom stereocenters. The molecule has 0 radical (unpaired) electrons. The monoisotopic (exact) mass is 295 g/mol. The maximum absolute atomic E-state index is 12.3. The van der Waals surface area contributed by atoms with Gasteiger partial charge >= 0.3 is 0 Å². The molecule has 0 saturated carbocycles. The molecule has 1 aromatic carbocycles. The number of nitrogens with zero attached hydrogens (tertiary/aromatic N) is 2. The minimum atomic E-state index is 0.131. The lowest BCUT2D eigenvalue weighted by atomic mass is 10.0. The highest BCUT2D eigenvalue weighted by atomic mass is 16.1. The third-order valence-electron chi connectivity index (χ3n) is 4.83. The lowest BCUT2D eigenvalue weighted by Gasteiger charge is -2.24. The SMILES string of the molecule is O=C(Cc1ccc2c(c1)CCC2)N[C@H]1CCc2nccn2C1. The summed E-state index contributed by atoms with van der Waals surface area (Å²) in [4.78, 5) is 16.6. The van der Waals surface area contributed by atoms with Crippen LogP contribution in [0.15, 0.2) is 30.6 Å². The first-order chi connectivity index (χ1) is 10.8. The Morgan fingerprint density at radius 2 is 2.18 bits per heavy atom. The van der Waals surface area contributed by atoms with E-state index >= 15 is 0 Å². The molecule has 0 unspecified atom stereocenters. The van der Waals surface area contributed by atoms with Crippen molar-refractivity contribution in [3.8, 4) is 0 Å². The van der Waals surface area contributed by atoms with Crippen molar-refractivity contribution in [3.63, 3.8) is 0 Å². The Bertz CT molecular complexity index is 704. The fourth-order valence-corrected chi connectivity index (χ4v) is 3.68. The van der Waals surface area contributed by atoms with Crippen LogP contribution in [0, 0.1) is 0 Å². The van der Waals surface area contributed by atoms with Crippen molar-refractivity contribution >= 4 is 5.91 Å². The van der Waals surface area contributed by atoms with Crippen molar-refractivity contribution in [1.29, 1.82) is 0 Å². The summed E-state index contributed by atoms with van der Waals surface area (Å²) in [6.45, 7) is 0.839. The van der Waals surface area contributed by atoms with Gasteiger partial charge in [0.25, 0.3) is 0 Å². The summed E-state index contributed by atoms with van der Waals surface area (Å²) in [6, 6.07) is 6.75. The van der Waals surface area contributed by atoms with Gasteiger partial charge in [-0.1, -0.05) is 18.2 Å². The Hall–Kier alpha value is -2.10. The van der Waals surface area contributed by atoms with Crippen LogP contribution >= 0.6 is 0 Å². The quantitative estimate of drug-likeness (QED) is 0.942. The lowest BCUT2D eigenvalue weighted by molar-refractivity contribution is -0.121. The van der Waals surface area contributed by atoms with Crippen LogP contribution in [0.3, 0.4) is 0 Å². The predicted molar refractivity (Wildman–Crippen MR) is 84.6 cm³/mol. The fraction of sp³-hybridized carbons (Fsp3) is 0.444. The van der Waals surface area contributed by atoms with Crippen LogP contribution in [-0.2, 0) is 37.0 Å². The number of imidazole rings is 1. The maximum atomic E-state index is 12.3. The third kappa shape index (κ3) is 2.65. The highest BCUT2D eigenvalue weighted by Gasteiger charge is 2.20.